The Balaban J connectivity index is 1.29. The van der Waals surface area contributed by atoms with E-state index >= 15 is 0 Å². The van der Waals surface area contributed by atoms with Gasteiger partial charge < -0.3 is 10.6 Å². The highest BCUT2D eigenvalue weighted by molar-refractivity contribution is 5.99. The van der Waals surface area contributed by atoms with Crippen molar-refractivity contribution >= 4 is 22.8 Å². The van der Waals surface area contributed by atoms with Gasteiger partial charge in [0.15, 0.2) is 5.65 Å². The second kappa shape index (κ2) is 10.6. The number of hydrogen-bond acceptors (Lipinski definition) is 6. The molecule has 9 heteroatoms. The van der Waals surface area contributed by atoms with E-state index in [1.54, 1.807) is 24.3 Å². The molecule has 0 spiro atoms. The average molecular weight is 554 g/mol. The van der Waals surface area contributed by atoms with E-state index in [2.05, 4.69) is 59.9 Å². The summed E-state index contributed by atoms with van der Waals surface area (Å²) in [7, 11) is 0. The van der Waals surface area contributed by atoms with Crippen LogP contribution < -0.4 is 10.6 Å². The molecule has 6 rings (SSSR count). The van der Waals surface area contributed by atoms with E-state index in [9.17, 15) is 8.78 Å². The molecule has 41 heavy (non-hydrogen) atoms. The number of anilines is 2. The molecule has 0 saturated carbocycles. The highest BCUT2D eigenvalue weighted by atomic mass is 19.1. The van der Waals surface area contributed by atoms with Gasteiger partial charge >= 0.3 is 0 Å². The summed E-state index contributed by atoms with van der Waals surface area (Å²) in [6, 6.07) is 21.1. The molecule has 0 aliphatic carbocycles. The molecular formula is C32H33F2N7. The lowest BCUT2D eigenvalue weighted by atomic mass is 9.87. The van der Waals surface area contributed by atoms with Crippen molar-refractivity contribution < 1.29 is 8.78 Å². The minimum absolute atomic E-state index is 0.135. The van der Waals surface area contributed by atoms with Crippen molar-refractivity contribution in [2.75, 3.05) is 36.8 Å². The second-order valence-electron chi connectivity index (χ2n) is 11.6. The highest BCUT2D eigenvalue weighted by Crippen LogP contribution is 2.34. The van der Waals surface area contributed by atoms with Gasteiger partial charge in [-0.1, -0.05) is 51.1 Å². The molecular weight excluding hydrogens is 520 g/mol. The molecule has 3 aromatic carbocycles. The van der Waals surface area contributed by atoms with E-state index in [1.807, 2.05) is 0 Å². The largest absolute Gasteiger partial charge is 0.383 e. The summed E-state index contributed by atoms with van der Waals surface area (Å²) in [5, 5.41) is 5.18. The molecule has 0 unspecified atom stereocenters. The van der Waals surface area contributed by atoms with Crippen LogP contribution in [0.1, 0.15) is 31.9 Å². The predicted molar refractivity (Wildman–Crippen MR) is 159 cm³/mol. The van der Waals surface area contributed by atoms with Gasteiger partial charge in [-0.15, -0.1) is 5.10 Å². The van der Waals surface area contributed by atoms with E-state index in [0.29, 0.717) is 39.7 Å². The van der Waals surface area contributed by atoms with Crippen molar-refractivity contribution in [3.8, 4) is 16.9 Å². The molecule has 1 aliphatic rings. The van der Waals surface area contributed by atoms with Crippen LogP contribution in [0.15, 0.2) is 72.8 Å². The summed E-state index contributed by atoms with van der Waals surface area (Å²) in [6.07, 6.45) is 0. The maximum atomic E-state index is 14.0. The molecule has 0 amide bonds. The maximum Gasteiger partial charge on any atom is 0.228 e. The van der Waals surface area contributed by atoms with E-state index in [4.69, 9.17) is 15.7 Å². The normalized spacial score (nSPS) is 14.6. The summed E-state index contributed by atoms with van der Waals surface area (Å²) in [4.78, 5) is 14.3. The van der Waals surface area contributed by atoms with Gasteiger partial charge in [-0.3, -0.25) is 4.90 Å². The van der Waals surface area contributed by atoms with Crippen molar-refractivity contribution in [3.63, 3.8) is 0 Å². The first kappa shape index (κ1) is 26.8. The Labute approximate surface area is 238 Å². The molecule has 7 nitrogen and oxygen atoms in total. The van der Waals surface area contributed by atoms with Crippen molar-refractivity contribution in [3.05, 3.63) is 95.6 Å². The van der Waals surface area contributed by atoms with Crippen molar-refractivity contribution in [1.29, 1.82) is 0 Å². The highest BCUT2D eigenvalue weighted by Gasteiger charge is 2.24. The first-order valence-corrected chi connectivity index (χ1v) is 13.8. The van der Waals surface area contributed by atoms with Gasteiger partial charge in [0, 0.05) is 38.3 Å². The standard InChI is InChI=1S/C32H33F2N7/c1-32(2,3)23-11-7-21(8-12-23)20-39-15-17-40(18-16-39)31-36-28(22-9-13-24(33)14-10-22)27-29(35)41(38-30(27)37-31)26-6-4-5-25(34)19-26/h4-14,19H,15-18,20,35H2,1-3H3. The number of fused-ring (bicyclic) bond motifs is 1. The van der Waals surface area contributed by atoms with Crippen LogP contribution in [0.5, 0.6) is 0 Å². The van der Waals surface area contributed by atoms with Crippen molar-refractivity contribution in [1.82, 2.24) is 24.6 Å². The minimum atomic E-state index is -0.394. The third-order valence-corrected chi connectivity index (χ3v) is 7.61. The van der Waals surface area contributed by atoms with Gasteiger partial charge in [-0.05, 0) is 59.0 Å². The number of piperazine rings is 1. The Morgan fingerprint density at radius 2 is 1.54 bits per heavy atom. The van der Waals surface area contributed by atoms with Crippen LogP contribution in [-0.4, -0.2) is 50.8 Å². The number of rotatable bonds is 5. The summed E-state index contributed by atoms with van der Waals surface area (Å²) in [6.45, 7) is 10.8. The SMILES string of the molecule is CC(C)(C)c1ccc(CN2CCN(c3nc(-c4ccc(F)cc4)c4c(N)n(-c5cccc(F)c5)nc4n3)CC2)cc1. The van der Waals surface area contributed by atoms with Gasteiger partial charge in [0.25, 0.3) is 0 Å². The molecule has 2 N–H and O–H groups in total. The van der Waals surface area contributed by atoms with Gasteiger partial charge in [-0.25, -0.2) is 18.4 Å². The van der Waals surface area contributed by atoms with Crippen LogP contribution in [-0.2, 0) is 12.0 Å². The van der Waals surface area contributed by atoms with Crippen molar-refractivity contribution in [2.45, 2.75) is 32.7 Å². The van der Waals surface area contributed by atoms with Gasteiger partial charge in [0.1, 0.15) is 17.5 Å². The molecule has 5 aromatic rings. The number of hydrogen-bond donors (Lipinski definition) is 1. The molecule has 3 heterocycles. The lowest BCUT2D eigenvalue weighted by Gasteiger charge is -2.35. The Hall–Kier alpha value is -4.37. The molecule has 0 bridgehead atoms. The molecule has 1 fully saturated rings. The fraction of sp³-hybridized carbons (Fsp3) is 0.281. The van der Waals surface area contributed by atoms with Crippen LogP contribution >= 0.6 is 0 Å². The van der Waals surface area contributed by atoms with Crippen LogP contribution in [0, 0.1) is 11.6 Å². The fourth-order valence-corrected chi connectivity index (χ4v) is 5.24. The summed E-state index contributed by atoms with van der Waals surface area (Å²) in [5.41, 5.74) is 11.4. The van der Waals surface area contributed by atoms with E-state index in [1.165, 1.54) is 40.1 Å². The lowest BCUT2D eigenvalue weighted by molar-refractivity contribution is 0.248. The molecule has 210 valence electrons. The third-order valence-electron chi connectivity index (χ3n) is 7.61. The summed E-state index contributed by atoms with van der Waals surface area (Å²) in [5.74, 6) is 0.0931. The van der Waals surface area contributed by atoms with Gasteiger partial charge in [0.2, 0.25) is 5.95 Å². The van der Waals surface area contributed by atoms with E-state index < -0.39 is 5.82 Å². The monoisotopic (exact) mass is 553 g/mol. The topological polar surface area (TPSA) is 76.1 Å². The first-order chi connectivity index (χ1) is 19.7. The number of benzene rings is 3. The predicted octanol–water partition coefficient (Wildman–Crippen LogP) is 5.96. The molecule has 1 saturated heterocycles. The lowest BCUT2D eigenvalue weighted by Crippen LogP contribution is -2.46. The smallest absolute Gasteiger partial charge is 0.228 e. The average Bonchev–Trinajstić information content (AvgIpc) is 3.29. The third kappa shape index (κ3) is 5.50. The number of aromatic nitrogens is 4. The number of halogens is 2. The van der Waals surface area contributed by atoms with E-state index in [0.717, 1.165) is 32.7 Å². The van der Waals surface area contributed by atoms with Crippen molar-refractivity contribution in [2.24, 2.45) is 0 Å². The molecule has 2 aromatic heterocycles. The molecule has 0 atom stereocenters. The summed E-state index contributed by atoms with van der Waals surface area (Å²) < 4.78 is 29.3. The first-order valence-electron chi connectivity index (χ1n) is 13.8. The Morgan fingerprint density at radius 3 is 2.20 bits per heavy atom. The fourth-order valence-electron chi connectivity index (χ4n) is 5.24. The quantitative estimate of drug-likeness (QED) is 0.289. The Morgan fingerprint density at radius 1 is 0.829 bits per heavy atom. The zero-order chi connectivity index (χ0) is 28.7. The van der Waals surface area contributed by atoms with Gasteiger partial charge in [-0.2, -0.15) is 4.98 Å². The Bertz CT molecular complexity index is 1680. The van der Waals surface area contributed by atoms with Crippen LogP contribution in [0.2, 0.25) is 0 Å². The maximum absolute atomic E-state index is 14.0. The van der Waals surface area contributed by atoms with Crippen LogP contribution in [0.25, 0.3) is 28.0 Å². The van der Waals surface area contributed by atoms with E-state index in [-0.39, 0.29) is 11.2 Å². The number of nitrogen functional groups attached to an aromatic ring is 1. The molecule has 0 radical (unpaired) electrons. The van der Waals surface area contributed by atoms with Crippen LogP contribution in [0.4, 0.5) is 20.5 Å². The molecule has 1 aliphatic heterocycles. The Kier molecular flexibility index (Phi) is 6.91. The van der Waals surface area contributed by atoms with Gasteiger partial charge in [0.05, 0.1) is 16.8 Å². The zero-order valence-corrected chi connectivity index (χ0v) is 23.5. The number of nitrogens with zero attached hydrogens (tertiary/aromatic N) is 6. The zero-order valence-electron chi connectivity index (χ0n) is 23.5. The minimum Gasteiger partial charge on any atom is -0.383 e. The number of nitrogens with two attached hydrogens (primary N) is 1. The van der Waals surface area contributed by atoms with Crippen LogP contribution in [0.3, 0.4) is 0 Å². The second-order valence-corrected chi connectivity index (χ2v) is 11.6. The summed E-state index contributed by atoms with van der Waals surface area (Å²) >= 11 is 0.